The first kappa shape index (κ1) is 15.3. The quantitative estimate of drug-likeness (QED) is 0.772. The zero-order valence-electron chi connectivity index (χ0n) is 12.1. The molecule has 0 saturated carbocycles. The van der Waals surface area contributed by atoms with Gasteiger partial charge in [-0.25, -0.2) is 0 Å². The van der Waals surface area contributed by atoms with E-state index in [1.165, 1.54) is 4.90 Å². The smallest absolute Gasteiger partial charge is 0.237 e. The highest BCUT2D eigenvalue weighted by Crippen LogP contribution is 2.23. The van der Waals surface area contributed by atoms with Gasteiger partial charge in [0.2, 0.25) is 11.8 Å². The van der Waals surface area contributed by atoms with E-state index >= 15 is 0 Å². The van der Waals surface area contributed by atoms with Crippen LogP contribution in [0.2, 0.25) is 0 Å². The number of nitrogens with zero attached hydrogens (tertiary/aromatic N) is 1. The second-order valence-corrected chi connectivity index (χ2v) is 5.37. The Hall–Kier alpha value is -2.08. The summed E-state index contributed by atoms with van der Waals surface area (Å²) in [4.78, 5) is 25.3. The Morgan fingerprint density at radius 1 is 1.33 bits per heavy atom. The number of amides is 2. The van der Waals surface area contributed by atoms with Crippen LogP contribution in [-0.2, 0) is 20.9 Å². The largest absolute Gasteiger partial charge is 0.399 e. The number of anilines is 1. The summed E-state index contributed by atoms with van der Waals surface area (Å²) in [7, 11) is 0. The Balaban J connectivity index is 2.11. The minimum absolute atomic E-state index is 0.0874. The number of primary amides is 1. The van der Waals surface area contributed by atoms with Gasteiger partial charge in [-0.2, -0.15) is 0 Å². The normalized spacial score (nSPS) is 21.2. The van der Waals surface area contributed by atoms with Gasteiger partial charge in [-0.05, 0) is 31.0 Å². The maximum absolute atomic E-state index is 12.6. The number of carbonyl (C=O) groups excluding carboxylic acids is 2. The van der Waals surface area contributed by atoms with Crippen LogP contribution in [0.3, 0.4) is 0 Å². The summed E-state index contributed by atoms with van der Waals surface area (Å²) in [5, 5.41) is 0. The SMILES string of the molecule is CC1OCCC1C(=O)N(CC(N)=O)Cc1ccc(N)cc1. The highest BCUT2D eigenvalue weighted by molar-refractivity contribution is 5.85. The molecule has 0 aromatic heterocycles. The van der Waals surface area contributed by atoms with Crippen molar-refractivity contribution in [2.45, 2.75) is 26.0 Å². The number of nitrogen functional groups attached to an aromatic ring is 1. The topological polar surface area (TPSA) is 98.6 Å². The zero-order valence-corrected chi connectivity index (χ0v) is 12.1. The molecule has 2 rings (SSSR count). The van der Waals surface area contributed by atoms with Crippen molar-refractivity contribution in [3.63, 3.8) is 0 Å². The van der Waals surface area contributed by atoms with Gasteiger partial charge in [0, 0.05) is 18.8 Å². The van der Waals surface area contributed by atoms with Crippen LogP contribution in [0.1, 0.15) is 18.9 Å². The van der Waals surface area contributed by atoms with Gasteiger partial charge in [-0.15, -0.1) is 0 Å². The van der Waals surface area contributed by atoms with Crippen LogP contribution in [0.4, 0.5) is 5.69 Å². The van der Waals surface area contributed by atoms with Crippen molar-refractivity contribution >= 4 is 17.5 Å². The Morgan fingerprint density at radius 2 is 2.00 bits per heavy atom. The summed E-state index contributed by atoms with van der Waals surface area (Å²) >= 11 is 0. The van der Waals surface area contributed by atoms with Gasteiger partial charge in [0.15, 0.2) is 0 Å². The van der Waals surface area contributed by atoms with E-state index in [9.17, 15) is 9.59 Å². The fraction of sp³-hybridized carbons (Fsp3) is 0.467. The van der Waals surface area contributed by atoms with E-state index < -0.39 is 5.91 Å². The van der Waals surface area contributed by atoms with E-state index in [2.05, 4.69) is 0 Å². The molecule has 2 unspecified atom stereocenters. The molecule has 1 aromatic rings. The maximum atomic E-state index is 12.6. The second kappa shape index (κ2) is 6.58. The van der Waals surface area contributed by atoms with Crippen molar-refractivity contribution in [1.82, 2.24) is 4.90 Å². The van der Waals surface area contributed by atoms with E-state index in [-0.39, 0.29) is 24.5 Å². The molecule has 0 aliphatic carbocycles. The minimum Gasteiger partial charge on any atom is -0.399 e. The average molecular weight is 291 g/mol. The van der Waals surface area contributed by atoms with E-state index in [0.717, 1.165) is 5.56 Å². The molecule has 0 spiro atoms. The molecule has 0 radical (unpaired) electrons. The van der Waals surface area contributed by atoms with Crippen LogP contribution in [0, 0.1) is 5.92 Å². The van der Waals surface area contributed by atoms with Crippen LogP contribution in [-0.4, -0.2) is 36.0 Å². The first-order valence-corrected chi connectivity index (χ1v) is 7.00. The van der Waals surface area contributed by atoms with Crippen LogP contribution in [0.5, 0.6) is 0 Å². The summed E-state index contributed by atoms with van der Waals surface area (Å²) in [6.45, 7) is 2.70. The average Bonchev–Trinajstić information content (AvgIpc) is 2.85. The van der Waals surface area contributed by atoms with Crippen molar-refractivity contribution < 1.29 is 14.3 Å². The molecule has 6 heteroatoms. The lowest BCUT2D eigenvalue weighted by Gasteiger charge is -2.25. The van der Waals surface area contributed by atoms with Gasteiger partial charge in [-0.1, -0.05) is 12.1 Å². The van der Waals surface area contributed by atoms with Crippen molar-refractivity contribution in [1.29, 1.82) is 0 Å². The van der Waals surface area contributed by atoms with Crippen molar-refractivity contribution in [2.75, 3.05) is 18.9 Å². The molecule has 4 N–H and O–H groups in total. The molecule has 6 nitrogen and oxygen atoms in total. The summed E-state index contributed by atoms with van der Waals surface area (Å²) in [5.74, 6) is -0.820. The predicted octanol–water partition coefficient (Wildman–Crippen LogP) is 0.508. The van der Waals surface area contributed by atoms with Gasteiger partial charge in [0.1, 0.15) is 0 Å². The third-order valence-electron chi connectivity index (χ3n) is 3.70. The zero-order chi connectivity index (χ0) is 15.4. The number of nitrogens with two attached hydrogens (primary N) is 2. The molecule has 2 amide bonds. The lowest BCUT2D eigenvalue weighted by molar-refractivity contribution is -0.140. The Morgan fingerprint density at radius 3 is 2.52 bits per heavy atom. The van der Waals surface area contributed by atoms with E-state index in [1.54, 1.807) is 12.1 Å². The molecule has 1 saturated heterocycles. The third kappa shape index (κ3) is 3.95. The predicted molar refractivity (Wildman–Crippen MR) is 79.0 cm³/mol. The number of ether oxygens (including phenoxy) is 1. The number of carbonyl (C=O) groups is 2. The van der Waals surface area contributed by atoms with Crippen LogP contribution >= 0.6 is 0 Å². The number of hydrogen-bond donors (Lipinski definition) is 2. The van der Waals surface area contributed by atoms with Crippen molar-refractivity contribution in [3.05, 3.63) is 29.8 Å². The van der Waals surface area contributed by atoms with Crippen LogP contribution in [0.25, 0.3) is 0 Å². The Kier molecular flexibility index (Phi) is 4.80. The summed E-state index contributed by atoms with van der Waals surface area (Å²) in [6.07, 6.45) is 0.552. The Labute approximate surface area is 124 Å². The maximum Gasteiger partial charge on any atom is 0.237 e. The molecule has 1 heterocycles. The van der Waals surface area contributed by atoms with Gasteiger partial charge < -0.3 is 21.1 Å². The molecule has 21 heavy (non-hydrogen) atoms. The first-order chi connectivity index (χ1) is 9.97. The lowest BCUT2D eigenvalue weighted by Crippen LogP contribution is -2.42. The van der Waals surface area contributed by atoms with Gasteiger partial charge in [-0.3, -0.25) is 9.59 Å². The molecule has 2 atom stereocenters. The summed E-state index contributed by atoms with van der Waals surface area (Å²) < 4.78 is 5.43. The summed E-state index contributed by atoms with van der Waals surface area (Å²) in [6, 6.07) is 7.21. The standard InChI is InChI=1S/C15H21N3O3/c1-10-13(6-7-21-10)15(20)18(9-14(17)19)8-11-2-4-12(16)5-3-11/h2-5,10,13H,6-9,16H2,1H3,(H2,17,19). The van der Waals surface area contributed by atoms with Gasteiger partial charge in [0.05, 0.1) is 18.6 Å². The van der Waals surface area contributed by atoms with E-state index in [0.29, 0.717) is 25.3 Å². The van der Waals surface area contributed by atoms with Crippen molar-refractivity contribution in [2.24, 2.45) is 11.7 Å². The molecule has 0 bridgehead atoms. The van der Waals surface area contributed by atoms with Crippen molar-refractivity contribution in [3.8, 4) is 0 Å². The Bertz CT molecular complexity index is 515. The number of hydrogen-bond acceptors (Lipinski definition) is 4. The monoisotopic (exact) mass is 291 g/mol. The molecule has 1 aliphatic rings. The van der Waals surface area contributed by atoms with Crippen LogP contribution < -0.4 is 11.5 Å². The number of benzene rings is 1. The fourth-order valence-electron chi connectivity index (χ4n) is 2.53. The van der Waals surface area contributed by atoms with Crippen LogP contribution in [0.15, 0.2) is 24.3 Å². The molecule has 1 aromatic carbocycles. The highest BCUT2D eigenvalue weighted by Gasteiger charge is 2.34. The molecule has 114 valence electrons. The van der Waals surface area contributed by atoms with E-state index in [1.807, 2.05) is 19.1 Å². The molecular formula is C15H21N3O3. The molecule has 1 fully saturated rings. The lowest BCUT2D eigenvalue weighted by atomic mass is 10.0. The molecular weight excluding hydrogens is 270 g/mol. The summed E-state index contributed by atoms with van der Waals surface area (Å²) in [5.41, 5.74) is 12.5. The number of rotatable bonds is 5. The van der Waals surface area contributed by atoms with E-state index in [4.69, 9.17) is 16.2 Å². The fourth-order valence-corrected chi connectivity index (χ4v) is 2.53. The first-order valence-electron chi connectivity index (χ1n) is 7.00. The minimum atomic E-state index is -0.523. The molecule has 1 aliphatic heterocycles. The van der Waals surface area contributed by atoms with Gasteiger partial charge in [0.25, 0.3) is 0 Å². The van der Waals surface area contributed by atoms with Gasteiger partial charge >= 0.3 is 0 Å². The third-order valence-corrected chi connectivity index (χ3v) is 3.70. The second-order valence-electron chi connectivity index (χ2n) is 5.37. The highest BCUT2D eigenvalue weighted by atomic mass is 16.5.